The number of para-hydroxylation sites is 2. The Morgan fingerprint density at radius 3 is 2.41 bits per heavy atom. The Kier molecular flexibility index (Phi) is 10.8. The highest BCUT2D eigenvalue weighted by molar-refractivity contribution is 7.91. The van der Waals surface area contributed by atoms with Crippen molar-refractivity contribution in [2.75, 3.05) is 11.9 Å². The van der Waals surface area contributed by atoms with Crippen LogP contribution in [0.2, 0.25) is 0 Å². The van der Waals surface area contributed by atoms with Gasteiger partial charge in [-0.2, -0.15) is 0 Å². The van der Waals surface area contributed by atoms with E-state index in [9.17, 15) is 31.6 Å². The summed E-state index contributed by atoms with van der Waals surface area (Å²) < 4.78 is 68.5. The van der Waals surface area contributed by atoms with Crippen molar-refractivity contribution in [1.29, 1.82) is 0 Å². The molecule has 2 aromatic heterocycles. The SMILES string of the molecule is CC(C)(C)[C@@H]1Nc2nnc(o2)CCCCCCc2cccc(c2)-c2nc3ccccc3nc2O[C@@H]2C[C@@H](C(=O)N[C@]3(C(=O)NS(=O)(=O)C4CC4)C[C@H]3C(F)F)N(C2)C1=O. The van der Waals surface area contributed by atoms with Crippen molar-refractivity contribution >= 4 is 44.8 Å². The number of ether oxygens (including phenoxy) is 1. The van der Waals surface area contributed by atoms with Crippen LogP contribution < -0.4 is 20.1 Å². The first kappa shape index (κ1) is 40.5. The molecule has 2 aromatic carbocycles. The maximum Gasteiger partial charge on any atom is 0.316 e. The number of halogens is 2. The molecule has 15 nitrogen and oxygen atoms in total. The topological polar surface area (TPSA) is 199 Å². The van der Waals surface area contributed by atoms with E-state index in [1.54, 1.807) is 6.07 Å². The Hall–Kier alpha value is -5.26. The Balaban J connectivity index is 1.17. The molecule has 2 aliphatic heterocycles. The minimum Gasteiger partial charge on any atom is -0.471 e. The number of sulfonamides is 1. The molecule has 4 aliphatic rings. The summed E-state index contributed by atoms with van der Waals surface area (Å²) in [6, 6.07) is 13.0. The lowest BCUT2D eigenvalue weighted by molar-refractivity contribution is -0.141. The largest absolute Gasteiger partial charge is 0.471 e. The summed E-state index contributed by atoms with van der Waals surface area (Å²) in [4.78, 5) is 53.9. The summed E-state index contributed by atoms with van der Waals surface area (Å²) in [7, 11) is -4.13. The number of aromatic nitrogens is 4. The first-order valence-corrected chi connectivity index (χ1v) is 21.7. The summed E-state index contributed by atoms with van der Waals surface area (Å²) in [5.41, 5.74) is 0.547. The Bertz CT molecular complexity index is 2370. The van der Waals surface area contributed by atoms with Gasteiger partial charge in [-0.1, -0.05) is 69.0 Å². The molecular weight excluding hydrogens is 787 g/mol. The molecule has 3 fully saturated rings. The third kappa shape index (κ3) is 8.59. The fourth-order valence-electron chi connectivity index (χ4n) is 8.01. The van der Waals surface area contributed by atoms with Gasteiger partial charge in [0.05, 0.1) is 28.7 Å². The van der Waals surface area contributed by atoms with E-state index in [-0.39, 0.29) is 24.9 Å². The molecule has 2 aliphatic carbocycles. The van der Waals surface area contributed by atoms with Crippen LogP contribution in [0.5, 0.6) is 5.88 Å². The number of alkyl halides is 2. The molecule has 3 amide bonds. The minimum atomic E-state index is -4.13. The molecular formula is C41H48F2N8O7S. The molecule has 5 atom stereocenters. The third-order valence-corrected chi connectivity index (χ3v) is 13.4. The number of benzene rings is 2. The molecule has 59 heavy (non-hydrogen) atoms. The van der Waals surface area contributed by atoms with E-state index in [1.807, 2.05) is 55.8 Å². The number of fused-ring (bicyclic) bond motifs is 9. The standard InChI is InChI=1S/C41H48F2N8O7S/c1-40(2,3)33-37(53)51-22-25(20-30(51)35(52)47-41(21-27(41)34(42)43)38(54)50-59(55,56)26-17-18-26)57-36-32(44-28-14-8-9-15-29(28)45-36)24-13-10-12-23(19-24)11-6-4-5-7-16-31-48-49-39(46-33)58-31/h8-10,12-15,19,25-27,30,33-34H,4-7,11,16-18,20-22H2,1-3H3,(H,46,49)(H,47,52)(H,50,54)/t25-,27+,30+,33-,41-/m1/s1. The van der Waals surface area contributed by atoms with E-state index in [2.05, 4.69) is 33.0 Å². The maximum atomic E-state index is 14.8. The highest BCUT2D eigenvalue weighted by atomic mass is 32.2. The van der Waals surface area contributed by atoms with Gasteiger partial charge < -0.3 is 24.7 Å². The smallest absolute Gasteiger partial charge is 0.316 e. The van der Waals surface area contributed by atoms with Crippen LogP contribution in [0.25, 0.3) is 22.3 Å². The van der Waals surface area contributed by atoms with E-state index in [0.29, 0.717) is 41.9 Å². The number of hydrogen-bond acceptors (Lipinski definition) is 12. The van der Waals surface area contributed by atoms with Crippen LogP contribution >= 0.6 is 0 Å². The van der Waals surface area contributed by atoms with Crippen LogP contribution in [0.1, 0.15) is 83.6 Å². The number of nitrogens with one attached hydrogen (secondary N) is 3. The van der Waals surface area contributed by atoms with Crippen molar-refractivity contribution in [2.45, 2.75) is 120 Å². The van der Waals surface area contributed by atoms with Gasteiger partial charge in [0, 0.05) is 18.4 Å². The fraction of sp³-hybridized carbons (Fsp3) is 0.537. The lowest BCUT2D eigenvalue weighted by Crippen LogP contribution is -2.59. The monoisotopic (exact) mass is 834 g/mol. The van der Waals surface area contributed by atoms with E-state index >= 15 is 0 Å². The molecule has 8 rings (SSSR count). The summed E-state index contributed by atoms with van der Waals surface area (Å²) in [6.07, 6.45) is 1.28. The van der Waals surface area contributed by atoms with Gasteiger partial charge in [0.15, 0.2) is 0 Å². The predicted molar refractivity (Wildman–Crippen MR) is 212 cm³/mol. The number of rotatable bonds is 6. The quantitative estimate of drug-likeness (QED) is 0.236. The number of hydrogen-bond donors (Lipinski definition) is 3. The van der Waals surface area contributed by atoms with Crippen LogP contribution in [-0.2, 0) is 37.2 Å². The summed E-state index contributed by atoms with van der Waals surface area (Å²) in [5.74, 6) is -3.75. The highest BCUT2D eigenvalue weighted by Gasteiger charge is 2.67. The van der Waals surface area contributed by atoms with E-state index in [0.717, 1.165) is 43.2 Å². The van der Waals surface area contributed by atoms with Gasteiger partial charge >= 0.3 is 6.01 Å². The van der Waals surface area contributed by atoms with Crippen LogP contribution in [0.3, 0.4) is 0 Å². The minimum absolute atomic E-state index is 0.0211. The summed E-state index contributed by atoms with van der Waals surface area (Å²) in [5, 5.41) is 13.1. The first-order chi connectivity index (χ1) is 28.1. The van der Waals surface area contributed by atoms with Crippen molar-refractivity contribution in [3.05, 3.63) is 60.0 Å². The van der Waals surface area contributed by atoms with Crippen LogP contribution in [0.4, 0.5) is 14.8 Å². The number of carbonyl (C=O) groups is 3. The van der Waals surface area contributed by atoms with E-state index in [4.69, 9.17) is 19.1 Å². The van der Waals surface area contributed by atoms with Gasteiger partial charge in [0.2, 0.25) is 40.0 Å². The van der Waals surface area contributed by atoms with Crippen molar-refractivity contribution in [3.63, 3.8) is 0 Å². The average Bonchev–Trinajstić information content (AvgIpc) is 4.09. The van der Waals surface area contributed by atoms with Gasteiger partial charge in [0.25, 0.3) is 5.91 Å². The van der Waals surface area contributed by atoms with Crippen molar-refractivity contribution < 1.29 is 40.7 Å². The van der Waals surface area contributed by atoms with E-state index < -0.39 is 80.9 Å². The van der Waals surface area contributed by atoms with Gasteiger partial charge in [-0.05, 0) is 67.7 Å². The van der Waals surface area contributed by atoms with Crippen molar-refractivity contribution in [3.8, 4) is 17.1 Å². The number of nitrogens with zero attached hydrogens (tertiary/aromatic N) is 5. The number of aryl methyl sites for hydroxylation is 2. The van der Waals surface area contributed by atoms with Crippen molar-refractivity contribution in [1.82, 2.24) is 35.1 Å². The van der Waals surface area contributed by atoms with Gasteiger partial charge in [-0.25, -0.2) is 27.2 Å². The second kappa shape index (κ2) is 15.7. The lowest BCUT2D eigenvalue weighted by atomic mass is 9.85. The molecule has 4 heterocycles. The fourth-order valence-corrected chi connectivity index (χ4v) is 9.37. The van der Waals surface area contributed by atoms with Gasteiger partial charge in [0.1, 0.15) is 29.4 Å². The van der Waals surface area contributed by atoms with Crippen molar-refractivity contribution in [2.24, 2.45) is 11.3 Å². The van der Waals surface area contributed by atoms with Gasteiger partial charge in [-0.15, -0.1) is 5.10 Å². The Morgan fingerprint density at radius 1 is 0.983 bits per heavy atom. The summed E-state index contributed by atoms with van der Waals surface area (Å²) >= 11 is 0. The molecule has 0 unspecified atom stereocenters. The van der Waals surface area contributed by atoms with Crippen LogP contribution in [-0.4, -0.2) is 93.2 Å². The zero-order chi connectivity index (χ0) is 41.7. The number of carbonyl (C=O) groups excluding carboxylic acids is 3. The van der Waals surface area contributed by atoms with Crippen LogP contribution in [0, 0.1) is 11.3 Å². The molecule has 18 heteroatoms. The molecule has 2 saturated carbocycles. The summed E-state index contributed by atoms with van der Waals surface area (Å²) in [6.45, 7) is 5.33. The third-order valence-electron chi connectivity index (χ3n) is 11.6. The Labute approximate surface area is 340 Å². The maximum absolute atomic E-state index is 14.8. The molecule has 6 bridgehead atoms. The number of amides is 3. The predicted octanol–water partition coefficient (Wildman–Crippen LogP) is 4.96. The van der Waals surface area contributed by atoms with E-state index in [1.165, 1.54) is 4.90 Å². The first-order valence-electron chi connectivity index (χ1n) is 20.2. The highest BCUT2D eigenvalue weighted by Crippen LogP contribution is 2.48. The lowest BCUT2D eigenvalue weighted by Gasteiger charge is -2.35. The molecule has 1 saturated heterocycles. The second-order valence-electron chi connectivity index (χ2n) is 17.2. The zero-order valence-corrected chi connectivity index (χ0v) is 33.9. The number of anilines is 1. The molecule has 0 radical (unpaired) electrons. The second-order valence-corrected chi connectivity index (χ2v) is 19.1. The van der Waals surface area contributed by atoms with Crippen LogP contribution in [0.15, 0.2) is 52.9 Å². The molecule has 4 aromatic rings. The molecule has 0 spiro atoms. The Morgan fingerprint density at radius 2 is 1.71 bits per heavy atom. The zero-order valence-electron chi connectivity index (χ0n) is 33.1. The molecule has 314 valence electrons. The average molecular weight is 835 g/mol. The normalized spacial score (nSPS) is 25.3. The molecule has 3 N–H and O–H groups in total. The van der Waals surface area contributed by atoms with Gasteiger partial charge in [-0.3, -0.25) is 19.1 Å².